The van der Waals surface area contributed by atoms with Crippen molar-refractivity contribution >= 4 is 5.95 Å². The minimum absolute atomic E-state index is 0.165. The van der Waals surface area contributed by atoms with Gasteiger partial charge in [-0.05, 0) is 32.2 Å². The SMILES string of the molecule is Cc1oc(-c2cccc(C(F)(F)F)c2)nc1CN(C)Cc1cnc(N)nc1. The van der Waals surface area contributed by atoms with E-state index in [-0.39, 0.29) is 17.4 Å². The van der Waals surface area contributed by atoms with Crippen molar-refractivity contribution in [1.82, 2.24) is 19.9 Å². The lowest BCUT2D eigenvalue weighted by molar-refractivity contribution is -0.137. The highest BCUT2D eigenvalue weighted by atomic mass is 19.4. The number of nitrogens with zero attached hydrogens (tertiary/aromatic N) is 4. The molecule has 0 spiro atoms. The molecule has 1 aromatic carbocycles. The average molecular weight is 377 g/mol. The number of benzene rings is 1. The predicted octanol–water partition coefficient (Wildman–Crippen LogP) is 3.67. The molecule has 0 radical (unpaired) electrons. The summed E-state index contributed by atoms with van der Waals surface area (Å²) in [6.07, 6.45) is -1.13. The van der Waals surface area contributed by atoms with Gasteiger partial charge in [-0.15, -0.1) is 0 Å². The number of nitrogens with two attached hydrogens (primary N) is 1. The maximum Gasteiger partial charge on any atom is 0.416 e. The molecule has 0 aliphatic rings. The van der Waals surface area contributed by atoms with Crippen LogP contribution in [-0.4, -0.2) is 26.9 Å². The second kappa shape index (κ2) is 7.36. The van der Waals surface area contributed by atoms with Gasteiger partial charge in [-0.25, -0.2) is 15.0 Å². The Kier molecular flexibility index (Phi) is 5.13. The van der Waals surface area contributed by atoms with Gasteiger partial charge in [0, 0.05) is 36.6 Å². The van der Waals surface area contributed by atoms with E-state index in [1.165, 1.54) is 6.07 Å². The summed E-state index contributed by atoms with van der Waals surface area (Å²) in [5.74, 6) is 0.931. The first-order valence-corrected chi connectivity index (χ1v) is 8.11. The van der Waals surface area contributed by atoms with E-state index >= 15 is 0 Å². The Morgan fingerprint density at radius 3 is 2.52 bits per heavy atom. The minimum atomic E-state index is -4.41. The van der Waals surface area contributed by atoms with Crippen molar-refractivity contribution in [2.24, 2.45) is 0 Å². The van der Waals surface area contributed by atoms with E-state index < -0.39 is 11.7 Å². The van der Waals surface area contributed by atoms with Gasteiger partial charge in [0.2, 0.25) is 11.8 Å². The van der Waals surface area contributed by atoms with Crippen LogP contribution in [0, 0.1) is 6.92 Å². The van der Waals surface area contributed by atoms with E-state index in [2.05, 4.69) is 15.0 Å². The van der Waals surface area contributed by atoms with Gasteiger partial charge in [0.25, 0.3) is 0 Å². The second-order valence-corrected chi connectivity index (χ2v) is 6.22. The van der Waals surface area contributed by atoms with Crippen LogP contribution in [0.3, 0.4) is 0 Å². The van der Waals surface area contributed by atoms with Crippen molar-refractivity contribution in [1.29, 1.82) is 0 Å². The molecule has 2 N–H and O–H groups in total. The first-order valence-electron chi connectivity index (χ1n) is 8.11. The Morgan fingerprint density at radius 2 is 1.85 bits per heavy atom. The van der Waals surface area contributed by atoms with Gasteiger partial charge in [-0.3, -0.25) is 4.90 Å². The van der Waals surface area contributed by atoms with Crippen LogP contribution in [0.4, 0.5) is 19.1 Å². The third-order valence-corrected chi connectivity index (χ3v) is 3.93. The summed E-state index contributed by atoms with van der Waals surface area (Å²) >= 11 is 0. The van der Waals surface area contributed by atoms with Crippen LogP contribution in [-0.2, 0) is 19.3 Å². The van der Waals surface area contributed by atoms with Crippen LogP contribution in [0.1, 0.15) is 22.6 Å². The van der Waals surface area contributed by atoms with Crippen molar-refractivity contribution in [2.75, 3.05) is 12.8 Å². The molecule has 9 heteroatoms. The summed E-state index contributed by atoms with van der Waals surface area (Å²) in [5.41, 5.74) is 6.55. The van der Waals surface area contributed by atoms with Gasteiger partial charge in [-0.2, -0.15) is 13.2 Å². The molecule has 3 aromatic rings. The molecule has 0 amide bonds. The molecule has 0 aliphatic heterocycles. The third-order valence-electron chi connectivity index (χ3n) is 3.93. The molecule has 0 saturated heterocycles. The van der Waals surface area contributed by atoms with Crippen molar-refractivity contribution in [3.05, 3.63) is 59.2 Å². The van der Waals surface area contributed by atoms with Crippen LogP contribution in [0.25, 0.3) is 11.5 Å². The standard InChI is InChI=1S/C18H18F3N5O/c1-11-15(10-26(2)9-12-7-23-17(22)24-8-12)25-16(27-11)13-4-3-5-14(6-13)18(19,20)21/h3-8H,9-10H2,1-2H3,(H2,22,23,24). The first kappa shape index (κ1) is 18.8. The van der Waals surface area contributed by atoms with Crippen LogP contribution in [0.2, 0.25) is 0 Å². The maximum atomic E-state index is 12.9. The summed E-state index contributed by atoms with van der Waals surface area (Å²) in [6.45, 7) is 2.75. The van der Waals surface area contributed by atoms with Gasteiger partial charge in [0.1, 0.15) is 5.76 Å². The summed E-state index contributed by atoms with van der Waals surface area (Å²) in [4.78, 5) is 14.2. The second-order valence-electron chi connectivity index (χ2n) is 6.22. The van der Waals surface area contributed by atoms with Crippen LogP contribution in [0.5, 0.6) is 0 Å². The Hall–Kier alpha value is -2.94. The number of oxazole rings is 1. The quantitative estimate of drug-likeness (QED) is 0.731. The van der Waals surface area contributed by atoms with Crippen molar-refractivity contribution < 1.29 is 17.6 Å². The van der Waals surface area contributed by atoms with Gasteiger partial charge in [0.15, 0.2) is 0 Å². The summed E-state index contributed by atoms with van der Waals surface area (Å²) in [5, 5.41) is 0. The van der Waals surface area contributed by atoms with Crippen molar-refractivity contribution in [3.63, 3.8) is 0 Å². The number of aromatic nitrogens is 3. The molecular formula is C18H18F3N5O. The van der Waals surface area contributed by atoms with Crippen molar-refractivity contribution in [2.45, 2.75) is 26.2 Å². The number of rotatable bonds is 5. The zero-order valence-corrected chi connectivity index (χ0v) is 14.8. The van der Waals surface area contributed by atoms with E-state index in [4.69, 9.17) is 10.2 Å². The monoisotopic (exact) mass is 377 g/mol. The van der Waals surface area contributed by atoms with E-state index in [1.807, 2.05) is 11.9 Å². The van der Waals surface area contributed by atoms with Gasteiger partial charge in [0.05, 0.1) is 11.3 Å². The van der Waals surface area contributed by atoms with E-state index in [9.17, 15) is 13.2 Å². The topological polar surface area (TPSA) is 81.1 Å². The summed E-state index contributed by atoms with van der Waals surface area (Å²) in [6, 6.07) is 4.93. The van der Waals surface area contributed by atoms with Crippen LogP contribution >= 0.6 is 0 Å². The largest absolute Gasteiger partial charge is 0.441 e. The lowest BCUT2D eigenvalue weighted by atomic mass is 10.1. The number of nitrogen functional groups attached to an aromatic ring is 1. The molecule has 0 saturated carbocycles. The molecule has 0 bridgehead atoms. The number of aryl methyl sites for hydroxylation is 1. The lowest BCUT2D eigenvalue weighted by Gasteiger charge is -2.14. The fourth-order valence-electron chi connectivity index (χ4n) is 2.60. The maximum absolute atomic E-state index is 12.9. The molecule has 0 unspecified atom stereocenters. The molecule has 142 valence electrons. The highest BCUT2D eigenvalue weighted by Crippen LogP contribution is 2.32. The molecule has 27 heavy (non-hydrogen) atoms. The molecule has 2 heterocycles. The Bertz CT molecular complexity index is 921. The van der Waals surface area contributed by atoms with Gasteiger partial charge >= 0.3 is 6.18 Å². The Balaban J connectivity index is 1.75. The highest BCUT2D eigenvalue weighted by molar-refractivity contribution is 5.55. The van der Waals surface area contributed by atoms with Crippen LogP contribution < -0.4 is 5.73 Å². The smallest absolute Gasteiger partial charge is 0.416 e. The molecular weight excluding hydrogens is 359 g/mol. The lowest BCUT2D eigenvalue weighted by Crippen LogP contribution is -2.18. The molecule has 0 atom stereocenters. The fourth-order valence-corrected chi connectivity index (χ4v) is 2.60. The molecule has 2 aromatic heterocycles. The van der Waals surface area contributed by atoms with E-state index in [0.717, 1.165) is 17.7 Å². The zero-order valence-electron chi connectivity index (χ0n) is 14.8. The average Bonchev–Trinajstić information content (AvgIpc) is 2.97. The fraction of sp³-hybridized carbons (Fsp3) is 0.278. The number of hydrogen-bond acceptors (Lipinski definition) is 6. The molecule has 6 nitrogen and oxygen atoms in total. The number of alkyl halides is 3. The highest BCUT2D eigenvalue weighted by Gasteiger charge is 2.30. The van der Waals surface area contributed by atoms with E-state index in [0.29, 0.717) is 24.5 Å². The number of anilines is 1. The Labute approximate surface area is 153 Å². The summed E-state index contributed by atoms with van der Waals surface area (Å²) in [7, 11) is 1.88. The summed E-state index contributed by atoms with van der Waals surface area (Å²) < 4.78 is 44.3. The zero-order chi connectivity index (χ0) is 19.6. The van der Waals surface area contributed by atoms with E-state index in [1.54, 1.807) is 25.4 Å². The molecule has 0 fully saturated rings. The van der Waals surface area contributed by atoms with Gasteiger partial charge < -0.3 is 10.2 Å². The Morgan fingerprint density at radius 1 is 1.15 bits per heavy atom. The van der Waals surface area contributed by atoms with Gasteiger partial charge in [-0.1, -0.05) is 6.07 Å². The first-order chi connectivity index (χ1) is 12.7. The number of hydrogen-bond donors (Lipinski definition) is 1. The molecule has 3 rings (SSSR count). The van der Waals surface area contributed by atoms with Crippen molar-refractivity contribution in [3.8, 4) is 11.5 Å². The predicted molar refractivity (Wildman–Crippen MR) is 93.3 cm³/mol. The third kappa shape index (κ3) is 4.62. The number of halogens is 3. The molecule has 0 aliphatic carbocycles. The van der Waals surface area contributed by atoms with Crippen LogP contribution in [0.15, 0.2) is 41.1 Å². The normalized spacial score (nSPS) is 11.9. The minimum Gasteiger partial charge on any atom is -0.441 e.